The lowest BCUT2D eigenvalue weighted by Crippen LogP contribution is -2.17. The Hall–Kier alpha value is -3.69. The second-order valence-corrected chi connectivity index (χ2v) is 8.27. The standard InChI is InChI=1S/C26H24N4O2/c1-3-16-9-12-21-19(13-16)23(18-7-5-4-6-8-18)28-14-22-24(25(27)31)29-26(30(21)22)20(15-32-2)17-10-11-17/h1,4-9,12-13,17,20H,10-11,14-15H2,2H3,(H2,27,31)/t20-/m1/s1. The van der Waals surface area contributed by atoms with E-state index < -0.39 is 5.91 Å². The number of fused-ring (bicyclic) bond motifs is 3. The number of nitrogens with zero attached hydrogens (tertiary/aromatic N) is 3. The minimum absolute atomic E-state index is 0.0743. The summed E-state index contributed by atoms with van der Waals surface area (Å²) in [5, 5.41) is 0. The number of carbonyl (C=O) groups is 1. The maximum absolute atomic E-state index is 12.4. The average molecular weight is 425 g/mol. The molecule has 2 aromatic carbocycles. The summed E-state index contributed by atoms with van der Waals surface area (Å²) in [6.45, 7) is 0.823. The fraction of sp³-hybridized carbons (Fsp3) is 0.269. The number of primary amides is 1. The van der Waals surface area contributed by atoms with Crippen molar-refractivity contribution in [3.8, 4) is 18.0 Å². The van der Waals surface area contributed by atoms with Crippen molar-refractivity contribution in [1.82, 2.24) is 9.55 Å². The van der Waals surface area contributed by atoms with Gasteiger partial charge in [0.15, 0.2) is 5.69 Å². The lowest BCUT2D eigenvalue weighted by molar-refractivity contribution is 0.0994. The number of hydrogen-bond donors (Lipinski definition) is 1. The highest BCUT2D eigenvalue weighted by atomic mass is 16.5. The summed E-state index contributed by atoms with van der Waals surface area (Å²) in [6, 6.07) is 15.9. The van der Waals surface area contributed by atoms with Crippen molar-refractivity contribution in [2.45, 2.75) is 25.3 Å². The number of terminal acetylenes is 1. The number of aliphatic imine (C=N–C) groups is 1. The van der Waals surface area contributed by atoms with E-state index >= 15 is 0 Å². The molecule has 1 atom stereocenters. The lowest BCUT2D eigenvalue weighted by atomic mass is 9.97. The van der Waals surface area contributed by atoms with Crippen molar-refractivity contribution >= 4 is 11.6 Å². The quantitative estimate of drug-likeness (QED) is 0.616. The number of nitrogens with two attached hydrogens (primary N) is 1. The molecule has 1 fully saturated rings. The molecule has 3 aromatic rings. The first-order chi connectivity index (χ1) is 15.6. The molecule has 0 saturated heterocycles. The van der Waals surface area contributed by atoms with Crippen molar-refractivity contribution in [1.29, 1.82) is 0 Å². The molecule has 2 N–H and O–H groups in total. The summed E-state index contributed by atoms with van der Waals surface area (Å²) in [6.07, 6.45) is 7.97. The second kappa shape index (κ2) is 8.10. The molecule has 0 radical (unpaired) electrons. The first-order valence-electron chi connectivity index (χ1n) is 10.7. The number of hydrogen-bond acceptors (Lipinski definition) is 4. The van der Waals surface area contributed by atoms with Crippen LogP contribution in [0.5, 0.6) is 0 Å². The van der Waals surface area contributed by atoms with E-state index in [4.69, 9.17) is 26.9 Å². The molecule has 1 aliphatic carbocycles. The fourth-order valence-electron chi connectivity index (χ4n) is 4.53. The Kier molecular flexibility index (Phi) is 5.12. The van der Waals surface area contributed by atoms with Gasteiger partial charge in [-0.1, -0.05) is 36.3 Å². The average Bonchev–Trinajstić information content (AvgIpc) is 3.60. The van der Waals surface area contributed by atoms with E-state index in [2.05, 4.69) is 10.5 Å². The number of carbonyl (C=O) groups excluding carboxylic acids is 1. The van der Waals surface area contributed by atoms with Gasteiger partial charge in [0, 0.05) is 29.7 Å². The monoisotopic (exact) mass is 424 g/mol. The van der Waals surface area contributed by atoms with E-state index in [0.29, 0.717) is 24.8 Å². The molecule has 0 spiro atoms. The summed E-state index contributed by atoms with van der Waals surface area (Å²) in [7, 11) is 1.69. The van der Waals surface area contributed by atoms with Gasteiger partial charge in [0.2, 0.25) is 0 Å². The zero-order valence-corrected chi connectivity index (χ0v) is 17.9. The number of methoxy groups -OCH3 is 1. The van der Waals surface area contributed by atoms with E-state index in [0.717, 1.165) is 46.8 Å². The van der Waals surface area contributed by atoms with Crippen molar-refractivity contribution in [3.05, 3.63) is 82.4 Å². The van der Waals surface area contributed by atoms with Crippen LogP contribution in [-0.2, 0) is 11.3 Å². The largest absolute Gasteiger partial charge is 0.384 e. The summed E-state index contributed by atoms with van der Waals surface area (Å²) >= 11 is 0. The SMILES string of the molecule is C#Cc1ccc2c(c1)C(c1ccccc1)=NCc1c(C(N)=O)nc([C@H](COC)C3CC3)n1-2. The number of aromatic nitrogens is 2. The Balaban J connectivity index is 1.79. The maximum Gasteiger partial charge on any atom is 0.269 e. The first kappa shape index (κ1) is 20.2. The molecule has 2 aliphatic rings. The molecular formula is C26H24N4O2. The van der Waals surface area contributed by atoms with Gasteiger partial charge in [0.1, 0.15) is 5.82 Å². The van der Waals surface area contributed by atoms with Gasteiger partial charge < -0.3 is 10.5 Å². The number of benzene rings is 2. The van der Waals surface area contributed by atoms with Crippen molar-refractivity contribution in [2.24, 2.45) is 16.6 Å². The van der Waals surface area contributed by atoms with Crippen LogP contribution in [0.2, 0.25) is 0 Å². The Bertz CT molecular complexity index is 1260. The molecule has 1 saturated carbocycles. The molecule has 0 bridgehead atoms. The topological polar surface area (TPSA) is 82.5 Å². The van der Waals surface area contributed by atoms with Gasteiger partial charge >= 0.3 is 0 Å². The summed E-state index contributed by atoms with van der Waals surface area (Å²) in [5.41, 5.74) is 11.1. The van der Waals surface area contributed by atoms with Gasteiger partial charge in [-0.05, 0) is 37.0 Å². The van der Waals surface area contributed by atoms with Crippen LogP contribution < -0.4 is 5.73 Å². The van der Waals surface area contributed by atoms with Crippen LogP contribution in [0.15, 0.2) is 53.5 Å². The summed E-state index contributed by atoms with van der Waals surface area (Å²) in [4.78, 5) is 22.0. The molecule has 1 aliphatic heterocycles. The number of amides is 1. The van der Waals surface area contributed by atoms with Crippen LogP contribution in [-0.4, -0.2) is 34.9 Å². The van der Waals surface area contributed by atoms with E-state index in [-0.39, 0.29) is 11.6 Å². The van der Waals surface area contributed by atoms with Gasteiger partial charge in [-0.3, -0.25) is 14.4 Å². The van der Waals surface area contributed by atoms with Gasteiger partial charge in [0.25, 0.3) is 5.91 Å². The van der Waals surface area contributed by atoms with Crippen LogP contribution in [0.4, 0.5) is 0 Å². The van der Waals surface area contributed by atoms with Crippen molar-refractivity contribution in [2.75, 3.05) is 13.7 Å². The molecule has 160 valence electrons. The summed E-state index contributed by atoms with van der Waals surface area (Å²) < 4.78 is 7.61. The predicted octanol–water partition coefficient (Wildman–Crippen LogP) is 3.44. The Morgan fingerprint density at radius 2 is 2.06 bits per heavy atom. The van der Waals surface area contributed by atoms with E-state index in [1.54, 1.807) is 7.11 Å². The number of imidazole rings is 1. The normalized spacial score (nSPS) is 15.7. The molecule has 5 rings (SSSR count). The van der Waals surface area contributed by atoms with Crippen LogP contribution in [0.25, 0.3) is 5.69 Å². The molecule has 2 heterocycles. The molecule has 1 amide bonds. The Morgan fingerprint density at radius 3 is 2.72 bits per heavy atom. The minimum Gasteiger partial charge on any atom is -0.384 e. The highest BCUT2D eigenvalue weighted by Crippen LogP contribution is 2.44. The van der Waals surface area contributed by atoms with Gasteiger partial charge in [-0.25, -0.2) is 4.98 Å². The molecule has 32 heavy (non-hydrogen) atoms. The van der Waals surface area contributed by atoms with Gasteiger partial charge in [0.05, 0.1) is 30.2 Å². The lowest BCUT2D eigenvalue weighted by Gasteiger charge is -2.20. The Morgan fingerprint density at radius 1 is 1.28 bits per heavy atom. The summed E-state index contributed by atoms with van der Waals surface area (Å²) in [5.74, 6) is 3.54. The van der Waals surface area contributed by atoms with E-state index in [9.17, 15) is 4.79 Å². The third-order valence-electron chi connectivity index (χ3n) is 6.19. The van der Waals surface area contributed by atoms with E-state index in [1.807, 2.05) is 48.5 Å². The molecule has 6 heteroatoms. The smallest absolute Gasteiger partial charge is 0.269 e. The molecule has 0 unspecified atom stereocenters. The predicted molar refractivity (Wildman–Crippen MR) is 123 cm³/mol. The number of ether oxygens (including phenoxy) is 1. The molecular weight excluding hydrogens is 400 g/mol. The Labute approximate surface area is 187 Å². The highest BCUT2D eigenvalue weighted by molar-refractivity contribution is 6.15. The van der Waals surface area contributed by atoms with Crippen molar-refractivity contribution in [3.63, 3.8) is 0 Å². The minimum atomic E-state index is -0.549. The zero-order valence-electron chi connectivity index (χ0n) is 17.9. The zero-order chi connectivity index (χ0) is 22.2. The first-order valence-corrected chi connectivity index (χ1v) is 10.7. The third-order valence-corrected chi connectivity index (χ3v) is 6.19. The highest BCUT2D eigenvalue weighted by Gasteiger charge is 2.38. The van der Waals surface area contributed by atoms with Crippen LogP contribution in [0.3, 0.4) is 0 Å². The maximum atomic E-state index is 12.4. The van der Waals surface area contributed by atoms with Crippen LogP contribution >= 0.6 is 0 Å². The van der Waals surface area contributed by atoms with Crippen molar-refractivity contribution < 1.29 is 9.53 Å². The van der Waals surface area contributed by atoms with Crippen LogP contribution in [0, 0.1) is 18.3 Å². The second-order valence-electron chi connectivity index (χ2n) is 8.27. The van der Waals surface area contributed by atoms with Gasteiger partial charge in [-0.2, -0.15) is 0 Å². The van der Waals surface area contributed by atoms with Crippen LogP contribution in [0.1, 0.15) is 57.5 Å². The van der Waals surface area contributed by atoms with Gasteiger partial charge in [-0.15, -0.1) is 6.42 Å². The fourth-order valence-corrected chi connectivity index (χ4v) is 4.53. The molecule has 6 nitrogen and oxygen atoms in total. The number of rotatable bonds is 6. The third kappa shape index (κ3) is 3.41. The van der Waals surface area contributed by atoms with E-state index in [1.165, 1.54) is 0 Å². The molecule has 1 aromatic heterocycles.